The van der Waals surface area contributed by atoms with Gasteiger partial charge in [-0.1, -0.05) is 38.2 Å². The monoisotopic (exact) mass is 541 g/mol. The molecule has 2 amide bonds. The van der Waals surface area contributed by atoms with Crippen molar-refractivity contribution in [2.24, 2.45) is 0 Å². The van der Waals surface area contributed by atoms with E-state index in [-0.39, 0.29) is 24.1 Å². The van der Waals surface area contributed by atoms with Crippen molar-refractivity contribution in [1.29, 1.82) is 0 Å². The molecule has 0 aromatic heterocycles. The zero-order valence-electron chi connectivity index (χ0n) is 21.2. The van der Waals surface area contributed by atoms with E-state index in [1.54, 1.807) is 31.4 Å². The largest absolute Gasteiger partial charge is 0.497 e. The molecule has 0 aliphatic carbocycles. The summed E-state index contributed by atoms with van der Waals surface area (Å²) in [6.07, 6.45) is 1.93. The molecule has 196 valence electrons. The Balaban J connectivity index is 1.47. The highest BCUT2D eigenvalue weighted by Crippen LogP contribution is 2.33. The second-order valence-electron chi connectivity index (χ2n) is 8.14. The normalized spacial score (nSPS) is 14.4. The van der Waals surface area contributed by atoms with Crippen LogP contribution >= 0.6 is 24.0 Å². The number of nitrogens with one attached hydrogen (secondary N) is 1. The smallest absolute Gasteiger partial charge is 0.338 e. The molecule has 1 aliphatic rings. The van der Waals surface area contributed by atoms with Crippen LogP contribution in [0.15, 0.2) is 53.4 Å². The number of hydrogen-bond acceptors (Lipinski definition) is 8. The van der Waals surface area contributed by atoms with Crippen molar-refractivity contribution in [3.8, 4) is 5.75 Å². The van der Waals surface area contributed by atoms with E-state index in [4.69, 9.17) is 21.7 Å². The summed E-state index contributed by atoms with van der Waals surface area (Å²) in [5.74, 6) is 0.0813. The van der Waals surface area contributed by atoms with Gasteiger partial charge in [0.2, 0.25) is 5.91 Å². The molecule has 1 N–H and O–H groups in total. The van der Waals surface area contributed by atoms with Gasteiger partial charge in [0.15, 0.2) is 0 Å². The number of amides is 2. The topological polar surface area (TPSA) is 88.2 Å². The van der Waals surface area contributed by atoms with Crippen LogP contribution < -0.4 is 10.1 Å². The number of rotatable bonds is 12. The van der Waals surface area contributed by atoms with Gasteiger partial charge in [-0.3, -0.25) is 14.5 Å². The molecule has 0 unspecified atom stereocenters. The van der Waals surface area contributed by atoms with Gasteiger partial charge >= 0.3 is 5.97 Å². The Hall–Kier alpha value is -3.21. The van der Waals surface area contributed by atoms with Crippen LogP contribution in [0.3, 0.4) is 0 Å². The van der Waals surface area contributed by atoms with Crippen LogP contribution in [0, 0.1) is 0 Å². The minimum absolute atomic E-state index is 0.0808. The third-order valence-electron chi connectivity index (χ3n) is 5.79. The molecule has 10 heteroatoms. The molecular weight excluding hydrogens is 510 g/mol. The fourth-order valence-electron chi connectivity index (χ4n) is 3.56. The number of likely N-dealkylation sites (N-methyl/N-ethyl adjacent to an activating group) is 1. The second-order valence-corrected chi connectivity index (χ2v) is 9.52. The maximum Gasteiger partial charge on any atom is 0.338 e. The predicted octanol–water partition coefficient (Wildman–Crippen LogP) is 5.06. The van der Waals surface area contributed by atoms with Crippen LogP contribution in [0.5, 0.6) is 5.75 Å². The molecule has 2 aromatic rings. The number of thioether (sulfide) groups is 1. The number of benzene rings is 2. The standard InChI is InChI=1S/C27H31N3O5S2/c1-4-29(5-2)16-17-35-26(32)20-8-10-21(11-9-20)28-24(31)14-15-30-25(36)23(37-27(30)33)18-19-6-12-22(34-3)13-7-19/h6-13,18H,4-5,14-17H2,1-3H3,(H,28,31)/b23-18+. The van der Waals surface area contributed by atoms with Crippen molar-refractivity contribution in [2.75, 3.05) is 45.2 Å². The van der Waals surface area contributed by atoms with Gasteiger partial charge in [0.1, 0.15) is 17.3 Å². The average molecular weight is 542 g/mol. The molecule has 0 bridgehead atoms. The molecule has 2 aromatic carbocycles. The number of carbonyl (C=O) groups is 3. The lowest BCUT2D eigenvalue weighted by Gasteiger charge is -2.17. The molecule has 1 saturated heterocycles. The van der Waals surface area contributed by atoms with Crippen molar-refractivity contribution >= 4 is 57.8 Å². The molecule has 37 heavy (non-hydrogen) atoms. The number of esters is 1. The number of nitrogens with zero attached hydrogens (tertiary/aromatic N) is 2. The molecule has 0 saturated carbocycles. The van der Waals surface area contributed by atoms with Crippen molar-refractivity contribution in [2.45, 2.75) is 20.3 Å². The van der Waals surface area contributed by atoms with E-state index in [2.05, 4.69) is 24.1 Å². The Morgan fingerprint density at radius 1 is 1.08 bits per heavy atom. The van der Waals surface area contributed by atoms with Gasteiger partial charge in [-0.15, -0.1) is 0 Å². The number of hydrogen-bond donors (Lipinski definition) is 1. The Morgan fingerprint density at radius 2 is 1.76 bits per heavy atom. The molecule has 0 atom stereocenters. The van der Waals surface area contributed by atoms with Crippen LogP contribution in [-0.2, 0) is 9.53 Å². The van der Waals surface area contributed by atoms with Crippen LogP contribution in [0.25, 0.3) is 6.08 Å². The fourth-order valence-corrected chi connectivity index (χ4v) is 4.85. The first-order valence-electron chi connectivity index (χ1n) is 12.0. The Kier molecular flexibility index (Phi) is 10.7. The quantitative estimate of drug-likeness (QED) is 0.227. The molecule has 1 fully saturated rings. The highest BCUT2D eigenvalue weighted by molar-refractivity contribution is 8.19. The van der Waals surface area contributed by atoms with E-state index >= 15 is 0 Å². The Morgan fingerprint density at radius 3 is 2.38 bits per heavy atom. The third-order valence-corrected chi connectivity index (χ3v) is 7.28. The van der Waals surface area contributed by atoms with Gasteiger partial charge in [-0.25, -0.2) is 4.79 Å². The van der Waals surface area contributed by atoms with Crippen LogP contribution in [0.1, 0.15) is 36.2 Å². The fraction of sp³-hybridized carbons (Fsp3) is 0.333. The number of ether oxygens (including phenoxy) is 2. The van der Waals surface area contributed by atoms with E-state index in [0.29, 0.717) is 34.3 Å². The maximum absolute atomic E-state index is 12.5. The molecule has 1 aliphatic heterocycles. The van der Waals surface area contributed by atoms with Gasteiger partial charge < -0.3 is 19.7 Å². The first kappa shape index (κ1) is 28.4. The summed E-state index contributed by atoms with van der Waals surface area (Å²) < 4.78 is 10.5. The average Bonchev–Trinajstić information content (AvgIpc) is 3.17. The highest BCUT2D eigenvalue weighted by atomic mass is 32.2. The number of carbonyl (C=O) groups excluding carboxylic acids is 3. The van der Waals surface area contributed by atoms with Crippen molar-refractivity contribution in [3.63, 3.8) is 0 Å². The van der Waals surface area contributed by atoms with Gasteiger partial charge in [-0.2, -0.15) is 0 Å². The lowest BCUT2D eigenvalue weighted by Crippen LogP contribution is -2.30. The van der Waals surface area contributed by atoms with E-state index in [0.717, 1.165) is 36.2 Å². The van der Waals surface area contributed by atoms with Gasteiger partial charge in [0.25, 0.3) is 5.24 Å². The van der Waals surface area contributed by atoms with Crippen LogP contribution in [0.2, 0.25) is 0 Å². The van der Waals surface area contributed by atoms with E-state index in [1.165, 1.54) is 4.90 Å². The first-order valence-corrected chi connectivity index (χ1v) is 13.3. The lowest BCUT2D eigenvalue weighted by atomic mass is 10.2. The summed E-state index contributed by atoms with van der Waals surface area (Å²) in [6, 6.07) is 14.0. The van der Waals surface area contributed by atoms with Gasteiger partial charge in [0, 0.05) is 25.2 Å². The molecule has 0 radical (unpaired) electrons. The summed E-state index contributed by atoms with van der Waals surface area (Å²) in [7, 11) is 1.60. The van der Waals surface area contributed by atoms with Crippen LogP contribution in [-0.4, -0.2) is 71.8 Å². The summed E-state index contributed by atoms with van der Waals surface area (Å²) >= 11 is 6.53. The minimum Gasteiger partial charge on any atom is -0.497 e. The highest BCUT2D eigenvalue weighted by Gasteiger charge is 2.31. The summed E-state index contributed by atoms with van der Waals surface area (Å²) in [5, 5.41) is 2.58. The minimum atomic E-state index is -0.401. The first-order chi connectivity index (χ1) is 17.8. The Labute approximate surface area is 227 Å². The molecule has 3 rings (SSSR count). The Bertz CT molecular complexity index is 1150. The molecular formula is C27H31N3O5S2. The summed E-state index contributed by atoms with van der Waals surface area (Å²) in [6.45, 7) is 7.12. The van der Waals surface area contributed by atoms with E-state index in [1.807, 2.05) is 30.3 Å². The molecule has 8 nitrogen and oxygen atoms in total. The lowest BCUT2D eigenvalue weighted by molar-refractivity contribution is -0.116. The summed E-state index contributed by atoms with van der Waals surface area (Å²) in [4.78, 5) is 41.9. The molecule has 0 spiro atoms. The van der Waals surface area contributed by atoms with E-state index in [9.17, 15) is 14.4 Å². The second kappa shape index (κ2) is 13.9. The number of methoxy groups -OCH3 is 1. The zero-order chi connectivity index (χ0) is 26.8. The van der Waals surface area contributed by atoms with E-state index < -0.39 is 5.97 Å². The van der Waals surface area contributed by atoms with Crippen LogP contribution in [0.4, 0.5) is 10.5 Å². The summed E-state index contributed by atoms with van der Waals surface area (Å²) in [5.41, 5.74) is 1.86. The third kappa shape index (κ3) is 8.14. The van der Waals surface area contributed by atoms with Crippen molar-refractivity contribution in [1.82, 2.24) is 9.80 Å². The number of anilines is 1. The zero-order valence-corrected chi connectivity index (χ0v) is 22.8. The van der Waals surface area contributed by atoms with Crippen molar-refractivity contribution < 1.29 is 23.9 Å². The van der Waals surface area contributed by atoms with Crippen molar-refractivity contribution in [3.05, 3.63) is 64.6 Å². The number of thiocarbonyl (C=S) groups is 1. The SMILES string of the molecule is CCN(CC)CCOC(=O)c1ccc(NC(=O)CCN2C(=O)S/C(=C/c3ccc(OC)cc3)C2=S)cc1. The maximum atomic E-state index is 12.5. The predicted molar refractivity (Wildman–Crippen MR) is 151 cm³/mol. The molecule has 1 heterocycles. The van der Waals surface area contributed by atoms with Gasteiger partial charge in [-0.05, 0) is 72.9 Å². The van der Waals surface area contributed by atoms with Gasteiger partial charge in [0.05, 0.1) is 17.6 Å².